The maximum atomic E-state index is 6.08. The molecule has 3 aliphatic rings. The molecular weight excluding hydrogens is 398 g/mol. The average Bonchev–Trinajstić information content (AvgIpc) is 3.52. The smallest absolute Gasteiger partial charge is 0.330 e. The second kappa shape index (κ2) is 9.05. The number of anilines is 2. The van der Waals surface area contributed by atoms with Crippen molar-refractivity contribution in [2.45, 2.75) is 31.8 Å². The summed E-state index contributed by atoms with van der Waals surface area (Å²) in [4.78, 5) is 6.22. The van der Waals surface area contributed by atoms with E-state index in [4.69, 9.17) is 18.6 Å². The highest BCUT2D eigenvalue weighted by Crippen LogP contribution is 2.33. The van der Waals surface area contributed by atoms with Gasteiger partial charge < -0.3 is 23.9 Å². The van der Waals surface area contributed by atoms with Crippen LogP contribution in [-0.2, 0) is 14.2 Å². The molecular formula is C22H23N5O4. The van der Waals surface area contributed by atoms with Crippen molar-refractivity contribution in [1.29, 1.82) is 0 Å². The normalized spacial score (nSPS) is 19.9. The minimum Gasteiger partial charge on any atom is -0.464 e. The largest absolute Gasteiger partial charge is 0.464 e. The van der Waals surface area contributed by atoms with Gasteiger partial charge in [-0.15, -0.1) is 5.10 Å². The molecule has 9 nitrogen and oxygen atoms in total. The van der Waals surface area contributed by atoms with Gasteiger partial charge >= 0.3 is 6.01 Å². The Labute approximate surface area is 179 Å². The number of hydrogen-bond acceptors (Lipinski definition) is 9. The standard InChI is InChI=1S/C22H23N5O4/c1-2-6-16(7-3-1)27(19-15-28-12-13-30-19)22-26-25-21(31-22)18-9-4-10-23-20(18)24-14-17-8-5-11-29-17/h1-2,4,6,9-10,12-13,15,17H,3,5,7-8,11,14H2,(H,23,24). The van der Waals surface area contributed by atoms with Crippen molar-refractivity contribution >= 4 is 11.8 Å². The van der Waals surface area contributed by atoms with Crippen LogP contribution in [0.2, 0.25) is 0 Å². The Hall–Kier alpha value is -3.59. The summed E-state index contributed by atoms with van der Waals surface area (Å²) in [6, 6.07) is 4.03. The first-order valence-corrected chi connectivity index (χ1v) is 10.4. The van der Waals surface area contributed by atoms with Crippen LogP contribution < -0.4 is 10.2 Å². The van der Waals surface area contributed by atoms with Gasteiger partial charge in [-0.05, 0) is 43.9 Å². The summed E-state index contributed by atoms with van der Waals surface area (Å²) >= 11 is 0. The highest BCUT2D eigenvalue weighted by Gasteiger charge is 2.26. The zero-order chi connectivity index (χ0) is 20.9. The number of aromatic nitrogens is 3. The first kappa shape index (κ1) is 19.4. The molecule has 4 heterocycles. The van der Waals surface area contributed by atoms with Crippen LogP contribution in [0, 0.1) is 0 Å². The van der Waals surface area contributed by atoms with E-state index >= 15 is 0 Å². The number of pyridine rings is 1. The highest BCUT2D eigenvalue weighted by molar-refractivity contribution is 5.69. The number of hydrogen-bond donors (Lipinski definition) is 1. The van der Waals surface area contributed by atoms with Crippen LogP contribution in [-0.4, -0.2) is 34.4 Å². The SMILES string of the molecule is C1=CCCC(N(C2=COC=CO2)c2nnc(-c3cccnc3NCC3CCCO3)o2)=C1. The minimum absolute atomic E-state index is 0.193. The molecule has 1 aliphatic carbocycles. The summed E-state index contributed by atoms with van der Waals surface area (Å²) in [7, 11) is 0. The lowest BCUT2D eigenvalue weighted by Gasteiger charge is -2.25. The van der Waals surface area contributed by atoms with Gasteiger partial charge in [-0.1, -0.05) is 17.3 Å². The van der Waals surface area contributed by atoms with Gasteiger partial charge in [0.1, 0.15) is 18.3 Å². The zero-order valence-electron chi connectivity index (χ0n) is 16.9. The summed E-state index contributed by atoms with van der Waals surface area (Å²) in [6.07, 6.45) is 16.3. The minimum atomic E-state index is 0.193. The predicted octanol–water partition coefficient (Wildman–Crippen LogP) is 4.08. The third-order valence-electron chi connectivity index (χ3n) is 5.16. The van der Waals surface area contributed by atoms with Crippen LogP contribution in [0.25, 0.3) is 11.5 Å². The summed E-state index contributed by atoms with van der Waals surface area (Å²) < 4.78 is 22.7. The first-order chi connectivity index (χ1) is 15.4. The molecule has 1 atom stereocenters. The lowest BCUT2D eigenvalue weighted by atomic mass is 10.1. The van der Waals surface area contributed by atoms with E-state index in [0.717, 1.165) is 43.6 Å². The van der Waals surface area contributed by atoms with E-state index in [9.17, 15) is 0 Å². The number of rotatable bonds is 7. The highest BCUT2D eigenvalue weighted by atomic mass is 16.5. The van der Waals surface area contributed by atoms with Crippen LogP contribution >= 0.6 is 0 Å². The Bertz CT molecular complexity index is 1040. The topological polar surface area (TPSA) is 94.8 Å². The number of nitrogens with one attached hydrogen (secondary N) is 1. The van der Waals surface area contributed by atoms with Gasteiger partial charge in [-0.2, -0.15) is 0 Å². The molecule has 1 fully saturated rings. The maximum Gasteiger partial charge on any atom is 0.330 e. The quantitative estimate of drug-likeness (QED) is 0.709. The first-order valence-electron chi connectivity index (χ1n) is 10.4. The molecule has 9 heteroatoms. The molecule has 160 valence electrons. The van der Waals surface area contributed by atoms with Crippen molar-refractivity contribution in [2.24, 2.45) is 0 Å². The lowest BCUT2D eigenvalue weighted by Crippen LogP contribution is -2.24. The fourth-order valence-corrected chi connectivity index (χ4v) is 3.64. The van der Waals surface area contributed by atoms with Gasteiger partial charge in [0, 0.05) is 25.0 Å². The van der Waals surface area contributed by atoms with Crippen LogP contribution in [0.1, 0.15) is 25.7 Å². The molecule has 1 saturated heterocycles. The van der Waals surface area contributed by atoms with E-state index in [-0.39, 0.29) is 12.1 Å². The number of ether oxygens (including phenoxy) is 3. The van der Waals surface area contributed by atoms with Gasteiger partial charge in [0.2, 0.25) is 5.88 Å². The van der Waals surface area contributed by atoms with Crippen LogP contribution in [0.15, 0.2) is 71.3 Å². The molecule has 0 radical (unpaired) electrons. The molecule has 5 rings (SSSR count). The van der Waals surface area contributed by atoms with E-state index in [0.29, 0.717) is 24.1 Å². The monoisotopic (exact) mass is 421 g/mol. The number of allylic oxidation sites excluding steroid dienone is 4. The third-order valence-corrected chi connectivity index (χ3v) is 5.16. The van der Waals surface area contributed by atoms with Crippen LogP contribution in [0.4, 0.5) is 11.8 Å². The predicted molar refractivity (Wildman–Crippen MR) is 113 cm³/mol. The van der Waals surface area contributed by atoms with Crippen molar-refractivity contribution in [1.82, 2.24) is 15.2 Å². The molecule has 0 amide bonds. The Kier molecular flexibility index (Phi) is 5.66. The Morgan fingerprint density at radius 3 is 3.03 bits per heavy atom. The Morgan fingerprint density at radius 1 is 1.23 bits per heavy atom. The number of nitrogens with zero attached hydrogens (tertiary/aromatic N) is 4. The summed E-state index contributed by atoms with van der Waals surface area (Å²) in [6.45, 7) is 1.49. The van der Waals surface area contributed by atoms with Crippen molar-refractivity contribution < 1.29 is 18.6 Å². The van der Waals surface area contributed by atoms with E-state index < -0.39 is 0 Å². The van der Waals surface area contributed by atoms with E-state index in [1.165, 1.54) is 18.8 Å². The molecule has 0 aromatic carbocycles. The summed E-state index contributed by atoms with van der Waals surface area (Å²) in [5.41, 5.74) is 1.69. The van der Waals surface area contributed by atoms with Crippen LogP contribution in [0.5, 0.6) is 0 Å². The molecule has 0 spiro atoms. The van der Waals surface area contributed by atoms with Gasteiger partial charge in [-0.25, -0.2) is 9.88 Å². The maximum absolute atomic E-state index is 6.08. The lowest BCUT2D eigenvalue weighted by molar-refractivity contribution is 0.120. The van der Waals surface area contributed by atoms with Crippen LogP contribution in [0.3, 0.4) is 0 Å². The van der Waals surface area contributed by atoms with Crippen molar-refractivity contribution in [3.8, 4) is 11.5 Å². The van der Waals surface area contributed by atoms with Crippen molar-refractivity contribution in [3.05, 3.63) is 66.9 Å². The molecule has 2 aliphatic heterocycles. The molecule has 0 saturated carbocycles. The van der Waals surface area contributed by atoms with Gasteiger partial charge in [0.15, 0.2) is 6.26 Å². The summed E-state index contributed by atoms with van der Waals surface area (Å²) in [5.74, 6) is 1.49. The molecule has 0 bridgehead atoms. The van der Waals surface area contributed by atoms with Gasteiger partial charge in [-0.3, -0.25) is 0 Å². The second-order valence-electron chi connectivity index (χ2n) is 7.25. The van der Waals surface area contributed by atoms with E-state index in [2.05, 4.69) is 26.6 Å². The molecule has 1 N–H and O–H groups in total. The van der Waals surface area contributed by atoms with Crippen molar-refractivity contribution in [2.75, 3.05) is 23.4 Å². The third kappa shape index (κ3) is 4.31. The van der Waals surface area contributed by atoms with Crippen molar-refractivity contribution in [3.63, 3.8) is 0 Å². The second-order valence-corrected chi connectivity index (χ2v) is 7.25. The Balaban J connectivity index is 1.42. The molecule has 31 heavy (non-hydrogen) atoms. The van der Waals surface area contributed by atoms with Gasteiger partial charge in [0.25, 0.3) is 5.89 Å². The van der Waals surface area contributed by atoms with Gasteiger partial charge in [0.05, 0.1) is 11.7 Å². The molecule has 2 aromatic heterocycles. The average molecular weight is 421 g/mol. The molecule has 1 unspecified atom stereocenters. The zero-order valence-corrected chi connectivity index (χ0v) is 16.9. The fraction of sp³-hybridized carbons (Fsp3) is 0.318. The fourth-order valence-electron chi connectivity index (χ4n) is 3.64. The molecule has 2 aromatic rings. The van der Waals surface area contributed by atoms with E-state index in [1.807, 2.05) is 24.3 Å². The Morgan fingerprint density at radius 2 is 2.23 bits per heavy atom. The summed E-state index contributed by atoms with van der Waals surface area (Å²) in [5, 5.41) is 11.9. The van der Waals surface area contributed by atoms with E-state index in [1.54, 1.807) is 11.1 Å².